The molecule has 94 valence electrons. The number of aromatic nitrogens is 2. The number of alkyl halides is 3. The fourth-order valence-corrected chi connectivity index (χ4v) is 1.37. The molecule has 0 spiro atoms. The number of benzene rings is 1. The molecule has 0 fully saturated rings. The lowest BCUT2D eigenvalue weighted by molar-refractivity contribution is -0.137. The van der Waals surface area contributed by atoms with Crippen molar-refractivity contribution in [1.29, 1.82) is 0 Å². The van der Waals surface area contributed by atoms with Crippen LogP contribution in [0, 0.1) is 4.77 Å². The van der Waals surface area contributed by atoms with Crippen molar-refractivity contribution in [3.05, 3.63) is 47.0 Å². The van der Waals surface area contributed by atoms with Crippen LogP contribution >= 0.6 is 12.2 Å². The second-order valence-corrected chi connectivity index (χ2v) is 3.77. The van der Waals surface area contributed by atoms with E-state index in [9.17, 15) is 13.2 Å². The standard InChI is InChI=1S/C11H7F3N2OS/c12-11(13,14)7-2-1-3-8(4-7)17-9-5-15-10(18)16-6-9/h1-6H,(H,15,16,18). The molecule has 0 bridgehead atoms. The van der Waals surface area contributed by atoms with Gasteiger partial charge in [-0.05, 0) is 30.4 Å². The van der Waals surface area contributed by atoms with E-state index in [1.54, 1.807) is 0 Å². The van der Waals surface area contributed by atoms with Crippen molar-refractivity contribution < 1.29 is 17.9 Å². The minimum atomic E-state index is -4.39. The third-order valence-electron chi connectivity index (χ3n) is 2.04. The van der Waals surface area contributed by atoms with Gasteiger partial charge in [-0.25, -0.2) is 4.98 Å². The van der Waals surface area contributed by atoms with Crippen molar-refractivity contribution in [3.8, 4) is 11.5 Å². The van der Waals surface area contributed by atoms with Gasteiger partial charge < -0.3 is 9.72 Å². The van der Waals surface area contributed by atoms with E-state index < -0.39 is 11.7 Å². The number of nitrogens with zero attached hydrogens (tertiary/aromatic N) is 1. The van der Waals surface area contributed by atoms with Crippen LogP contribution in [0.25, 0.3) is 0 Å². The topological polar surface area (TPSA) is 37.9 Å². The molecule has 1 heterocycles. The smallest absolute Gasteiger partial charge is 0.416 e. The number of aromatic amines is 1. The van der Waals surface area contributed by atoms with Crippen LogP contribution < -0.4 is 4.74 Å². The lowest BCUT2D eigenvalue weighted by atomic mass is 10.2. The van der Waals surface area contributed by atoms with Crippen molar-refractivity contribution >= 4 is 12.2 Å². The first-order valence-electron chi connectivity index (χ1n) is 4.85. The van der Waals surface area contributed by atoms with E-state index in [-0.39, 0.29) is 16.3 Å². The number of rotatable bonds is 2. The summed E-state index contributed by atoms with van der Waals surface area (Å²) in [6.07, 6.45) is -1.64. The first-order chi connectivity index (χ1) is 8.45. The van der Waals surface area contributed by atoms with Crippen LogP contribution in [-0.4, -0.2) is 9.97 Å². The summed E-state index contributed by atoms with van der Waals surface area (Å²) in [7, 11) is 0. The highest BCUT2D eigenvalue weighted by Gasteiger charge is 2.30. The molecule has 0 amide bonds. The van der Waals surface area contributed by atoms with Crippen LogP contribution in [0.1, 0.15) is 5.56 Å². The fraction of sp³-hybridized carbons (Fsp3) is 0.0909. The Balaban J connectivity index is 2.24. The minimum Gasteiger partial charge on any atom is -0.454 e. The third kappa shape index (κ3) is 3.07. The predicted molar refractivity (Wildman–Crippen MR) is 60.9 cm³/mol. The molecule has 0 unspecified atom stereocenters. The molecule has 2 rings (SSSR count). The van der Waals surface area contributed by atoms with E-state index in [1.807, 2.05) is 0 Å². The maximum Gasteiger partial charge on any atom is 0.416 e. The quantitative estimate of drug-likeness (QED) is 0.841. The molecule has 1 N–H and O–H groups in total. The van der Waals surface area contributed by atoms with Gasteiger partial charge in [0.15, 0.2) is 10.5 Å². The highest BCUT2D eigenvalue weighted by molar-refractivity contribution is 7.71. The molecular weight excluding hydrogens is 265 g/mol. The molecule has 18 heavy (non-hydrogen) atoms. The molecule has 0 saturated carbocycles. The van der Waals surface area contributed by atoms with Gasteiger partial charge in [-0.1, -0.05) is 6.07 Å². The molecule has 0 radical (unpaired) electrons. The van der Waals surface area contributed by atoms with Crippen molar-refractivity contribution in [3.63, 3.8) is 0 Å². The first-order valence-corrected chi connectivity index (χ1v) is 5.26. The van der Waals surface area contributed by atoms with Crippen LogP contribution in [0.4, 0.5) is 13.2 Å². The van der Waals surface area contributed by atoms with E-state index in [2.05, 4.69) is 9.97 Å². The zero-order valence-corrected chi connectivity index (χ0v) is 9.68. The number of H-pyrrole nitrogens is 1. The maximum atomic E-state index is 12.5. The van der Waals surface area contributed by atoms with Gasteiger partial charge in [-0.15, -0.1) is 0 Å². The minimum absolute atomic E-state index is 0.0807. The second kappa shape index (κ2) is 4.77. The third-order valence-corrected chi connectivity index (χ3v) is 2.27. The van der Waals surface area contributed by atoms with Crippen LogP contribution in [0.15, 0.2) is 36.7 Å². The normalized spacial score (nSPS) is 11.3. The molecule has 3 nitrogen and oxygen atoms in total. The van der Waals surface area contributed by atoms with Gasteiger partial charge in [0.25, 0.3) is 0 Å². The molecule has 0 aliphatic rings. The van der Waals surface area contributed by atoms with E-state index >= 15 is 0 Å². The Kier molecular flexibility index (Phi) is 3.33. The zero-order chi connectivity index (χ0) is 13.2. The van der Waals surface area contributed by atoms with Gasteiger partial charge >= 0.3 is 6.18 Å². The summed E-state index contributed by atoms with van der Waals surface area (Å²) in [5, 5.41) is 0. The summed E-state index contributed by atoms with van der Waals surface area (Å²) in [6, 6.07) is 4.60. The van der Waals surface area contributed by atoms with Gasteiger partial charge in [-0.2, -0.15) is 13.2 Å². The highest BCUT2D eigenvalue weighted by Crippen LogP contribution is 2.32. The number of hydrogen-bond donors (Lipinski definition) is 1. The van der Waals surface area contributed by atoms with Crippen molar-refractivity contribution in [1.82, 2.24) is 9.97 Å². The summed E-state index contributed by atoms with van der Waals surface area (Å²) in [5.74, 6) is 0.361. The first kappa shape index (κ1) is 12.6. The molecule has 2 aromatic rings. The molecule has 0 atom stereocenters. The molecule has 0 saturated heterocycles. The number of hydrogen-bond acceptors (Lipinski definition) is 3. The van der Waals surface area contributed by atoms with E-state index in [0.717, 1.165) is 12.1 Å². The molecule has 1 aromatic heterocycles. The van der Waals surface area contributed by atoms with Gasteiger partial charge in [0.2, 0.25) is 0 Å². The average molecular weight is 272 g/mol. The largest absolute Gasteiger partial charge is 0.454 e. The fourth-order valence-electron chi connectivity index (χ4n) is 1.26. The summed E-state index contributed by atoms with van der Waals surface area (Å²) < 4.78 is 42.9. The Morgan fingerprint density at radius 1 is 1.22 bits per heavy atom. The Labute approximate surface area is 105 Å². The lowest BCUT2D eigenvalue weighted by Crippen LogP contribution is -2.04. The second-order valence-electron chi connectivity index (χ2n) is 3.38. The van der Waals surface area contributed by atoms with E-state index in [4.69, 9.17) is 17.0 Å². The van der Waals surface area contributed by atoms with E-state index in [1.165, 1.54) is 24.5 Å². The van der Waals surface area contributed by atoms with Crippen molar-refractivity contribution in [2.75, 3.05) is 0 Å². The highest BCUT2D eigenvalue weighted by atomic mass is 32.1. The van der Waals surface area contributed by atoms with Crippen LogP contribution in [0.3, 0.4) is 0 Å². The Morgan fingerprint density at radius 2 is 2.00 bits per heavy atom. The Hall–Kier alpha value is -1.89. The lowest BCUT2D eigenvalue weighted by Gasteiger charge is -2.09. The summed E-state index contributed by atoms with van der Waals surface area (Å²) in [6.45, 7) is 0. The zero-order valence-electron chi connectivity index (χ0n) is 8.86. The van der Waals surface area contributed by atoms with Gasteiger partial charge in [-0.3, -0.25) is 0 Å². The van der Waals surface area contributed by atoms with Crippen molar-refractivity contribution in [2.45, 2.75) is 6.18 Å². The van der Waals surface area contributed by atoms with Crippen LogP contribution in [0.5, 0.6) is 11.5 Å². The number of ether oxygens (including phenoxy) is 1. The van der Waals surface area contributed by atoms with Gasteiger partial charge in [0.05, 0.1) is 11.8 Å². The molecule has 1 aromatic carbocycles. The number of halogens is 3. The Morgan fingerprint density at radius 3 is 2.61 bits per heavy atom. The Bertz CT molecular complexity index is 589. The SMILES string of the molecule is FC(F)(F)c1cccc(Oc2cnc(=S)[nH]c2)c1. The monoisotopic (exact) mass is 272 g/mol. The predicted octanol–water partition coefficient (Wildman–Crippen LogP) is 3.95. The van der Waals surface area contributed by atoms with Crippen molar-refractivity contribution in [2.24, 2.45) is 0 Å². The molecular formula is C11H7F3N2OS. The molecule has 7 heteroatoms. The van der Waals surface area contributed by atoms with Crippen LogP contribution in [-0.2, 0) is 6.18 Å². The number of nitrogens with one attached hydrogen (secondary N) is 1. The summed E-state index contributed by atoms with van der Waals surface area (Å²) >= 11 is 4.73. The average Bonchev–Trinajstić information content (AvgIpc) is 2.31. The summed E-state index contributed by atoms with van der Waals surface area (Å²) in [4.78, 5) is 6.38. The summed E-state index contributed by atoms with van der Waals surface area (Å²) in [5.41, 5.74) is -0.767. The van der Waals surface area contributed by atoms with E-state index in [0.29, 0.717) is 0 Å². The maximum absolute atomic E-state index is 12.5. The molecule has 0 aliphatic carbocycles. The van der Waals surface area contributed by atoms with Crippen LogP contribution in [0.2, 0.25) is 0 Å². The molecule has 0 aliphatic heterocycles. The van der Waals surface area contributed by atoms with Gasteiger partial charge in [0.1, 0.15) is 5.75 Å². The van der Waals surface area contributed by atoms with Gasteiger partial charge in [0, 0.05) is 6.20 Å².